The van der Waals surface area contributed by atoms with Crippen LogP contribution in [0.4, 0.5) is 0 Å². The van der Waals surface area contributed by atoms with Crippen molar-refractivity contribution in [2.24, 2.45) is 0 Å². The molecule has 1 fully saturated rings. The SMILES string of the molecule is COc1ccc(C(=O)N2CCN(C(=O)c3nnn(-c4cccc(Cl)c4)c3C)CC2)c(OC)c1. The van der Waals surface area contributed by atoms with Gasteiger partial charge in [0, 0.05) is 37.3 Å². The van der Waals surface area contributed by atoms with E-state index in [1.807, 2.05) is 12.1 Å². The Kier molecular flexibility index (Phi) is 6.50. The van der Waals surface area contributed by atoms with Crippen LogP contribution in [-0.4, -0.2) is 77.0 Å². The minimum atomic E-state index is -0.213. The molecule has 3 aromatic rings. The molecular formula is C23H24ClN5O4. The van der Waals surface area contributed by atoms with Gasteiger partial charge in [0.1, 0.15) is 11.5 Å². The zero-order chi connectivity index (χ0) is 23.5. The van der Waals surface area contributed by atoms with Gasteiger partial charge in [0.15, 0.2) is 5.69 Å². The number of rotatable bonds is 5. The molecule has 2 heterocycles. The zero-order valence-corrected chi connectivity index (χ0v) is 19.4. The predicted octanol–water partition coefficient (Wildman–Crippen LogP) is 2.84. The number of nitrogens with zero attached hydrogens (tertiary/aromatic N) is 5. The maximum Gasteiger partial charge on any atom is 0.276 e. The Morgan fingerprint density at radius 1 is 0.939 bits per heavy atom. The van der Waals surface area contributed by atoms with Gasteiger partial charge in [0.25, 0.3) is 11.8 Å². The van der Waals surface area contributed by atoms with E-state index in [1.54, 1.807) is 58.8 Å². The molecule has 0 unspecified atom stereocenters. The Bertz CT molecular complexity index is 1190. The Morgan fingerprint density at radius 3 is 2.27 bits per heavy atom. The van der Waals surface area contributed by atoms with E-state index in [2.05, 4.69) is 10.3 Å². The highest BCUT2D eigenvalue weighted by molar-refractivity contribution is 6.30. The summed E-state index contributed by atoms with van der Waals surface area (Å²) in [5.74, 6) is 0.700. The molecule has 172 valence electrons. The van der Waals surface area contributed by atoms with Crippen molar-refractivity contribution in [2.75, 3.05) is 40.4 Å². The van der Waals surface area contributed by atoms with E-state index in [0.29, 0.717) is 54.0 Å². The van der Waals surface area contributed by atoms with E-state index in [1.165, 1.54) is 7.11 Å². The normalized spacial score (nSPS) is 13.7. The number of halogens is 1. The van der Waals surface area contributed by atoms with Crippen molar-refractivity contribution in [3.05, 3.63) is 64.4 Å². The summed E-state index contributed by atoms with van der Waals surface area (Å²) in [7, 11) is 3.07. The lowest BCUT2D eigenvalue weighted by molar-refractivity contribution is 0.0530. The molecule has 1 aliphatic heterocycles. The standard InChI is InChI=1S/C23H24ClN5O4/c1-15-21(25-26-29(15)17-6-4-5-16(24)13-17)23(31)28-11-9-27(10-12-28)22(30)19-8-7-18(32-2)14-20(19)33-3/h4-8,13-14H,9-12H2,1-3H3. The molecule has 4 rings (SSSR count). The van der Waals surface area contributed by atoms with E-state index in [9.17, 15) is 9.59 Å². The van der Waals surface area contributed by atoms with Crippen molar-refractivity contribution in [1.29, 1.82) is 0 Å². The molecule has 1 aromatic heterocycles. The average Bonchev–Trinajstić information content (AvgIpc) is 3.24. The lowest BCUT2D eigenvalue weighted by atomic mass is 10.1. The number of methoxy groups -OCH3 is 2. The lowest BCUT2D eigenvalue weighted by Gasteiger charge is -2.34. The number of aromatic nitrogens is 3. The molecular weight excluding hydrogens is 446 g/mol. The van der Waals surface area contributed by atoms with E-state index in [-0.39, 0.29) is 17.5 Å². The quantitative estimate of drug-likeness (QED) is 0.570. The molecule has 0 bridgehead atoms. The third-order valence-electron chi connectivity index (χ3n) is 5.64. The van der Waals surface area contributed by atoms with Crippen molar-refractivity contribution in [2.45, 2.75) is 6.92 Å². The van der Waals surface area contributed by atoms with Crippen LogP contribution in [0.25, 0.3) is 5.69 Å². The summed E-state index contributed by atoms with van der Waals surface area (Å²) in [4.78, 5) is 29.5. The van der Waals surface area contributed by atoms with Crippen LogP contribution < -0.4 is 9.47 Å². The van der Waals surface area contributed by atoms with Gasteiger partial charge in [-0.2, -0.15) is 0 Å². The summed E-state index contributed by atoms with van der Waals surface area (Å²) in [6.07, 6.45) is 0. The number of ether oxygens (including phenoxy) is 2. The maximum atomic E-state index is 13.1. The highest BCUT2D eigenvalue weighted by Gasteiger charge is 2.29. The van der Waals surface area contributed by atoms with Crippen LogP contribution in [0.1, 0.15) is 26.5 Å². The highest BCUT2D eigenvalue weighted by atomic mass is 35.5. The lowest BCUT2D eigenvalue weighted by Crippen LogP contribution is -2.50. The Labute approximate surface area is 196 Å². The van der Waals surface area contributed by atoms with Crippen LogP contribution in [0.2, 0.25) is 5.02 Å². The fraction of sp³-hybridized carbons (Fsp3) is 0.304. The van der Waals surface area contributed by atoms with Crippen molar-refractivity contribution in [3.63, 3.8) is 0 Å². The number of carbonyl (C=O) groups excluding carboxylic acids is 2. The smallest absolute Gasteiger partial charge is 0.276 e. The van der Waals surface area contributed by atoms with Crippen LogP contribution in [-0.2, 0) is 0 Å². The van der Waals surface area contributed by atoms with Crippen molar-refractivity contribution >= 4 is 23.4 Å². The molecule has 0 spiro atoms. The largest absolute Gasteiger partial charge is 0.497 e. The van der Waals surface area contributed by atoms with Gasteiger partial charge in [-0.1, -0.05) is 22.9 Å². The van der Waals surface area contributed by atoms with Crippen LogP contribution in [0, 0.1) is 6.92 Å². The van der Waals surface area contributed by atoms with E-state index in [0.717, 1.165) is 5.69 Å². The molecule has 33 heavy (non-hydrogen) atoms. The summed E-state index contributed by atoms with van der Waals surface area (Å²) in [6, 6.07) is 12.3. The van der Waals surface area contributed by atoms with Gasteiger partial charge in [0.05, 0.1) is 31.2 Å². The van der Waals surface area contributed by atoms with Crippen LogP contribution in [0.15, 0.2) is 42.5 Å². The number of hydrogen-bond donors (Lipinski definition) is 0. The number of amides is 2. The number of piperazine rings is 1. The second-order valence-corrected chi connectivity index (χ2v) is 8.00. The molecule has 10 heteroatoms. The van der Waals surface area contributed by atoms with Crippen LogP contribution in [0.3, 0.4) is 0 Å². The Hall–Kier alpha value is -3.59. The van der Waals surface area contributed by atoms with Gasteiger partial charge in [-0.25, -0.2) is 4.68 Å². The van der Waals surface area contributed by atoms with Gasteiger partial charge < -0.3 is 19.3 Å². The van der Waals surface area contributed by atoms with E-state index in [4.69, 9.17) is 21.1 Å². The Morgan fingerprint density at radius 2 is 1.64 bits per heavy atom. The van der Waals surface area contributed by atoms with Gasteiger partial charge in [0.2, 0.25) is 0 Å². The first-order chi connectivity index (χ1) is 15.9. The highest BCUT2D eigenvalue weighted by Crippen LogP contribution is 2.26. The monoisotopic (exact) mass is 469 g/mol. The summed E-state index contributed by atoms with van der Waals surface area (Å²) in [6.45, 7) is 3.39. The third-order valence-corrected chi connectivity index (χ3v) is 5.88. The first-order valence-electron chi connectivity index (χ1n) is 10.4. The van der Waals surface area contributed by atoms with Gasteiger partial charge >= 0.3 is 0 Å². The fourth-order valence-corrected chi connectivity index (χ4v) is 3.97. The average molecular weight is 470 g/mol. The molecule has 0 saturated carbocycles. The third kappa shape index (κ3) is 4.49. The second-order valence-electron chi connectivity index (χ2n) is 7.57. The Balaban J connectivity index is 1.44. The van der Waals surface area contributed by atoms with E-state index < -0.39 is 0 Å². The molecule has 9 nitrogen and oxygen atoms in total. The maximum absolute atomic E-state index is 13.1. The molecule has 0 aliphatic carbocycles. The van der Waals surface area contributed by atoms with Crippen LogP contribution >= 0.6 is 11.6 Å². The van der Waals surface area contributed by atoms with Gasteiger partial charge in [-0.15, -0.1) is 5.10 Å². The first-order valence-corrected chi connectivity index (χ1v) is 10.8. The minimum absolute atomic E-state index is 0.148. The number of hydrogen-bond acceptors (Lipinski definition) is 6. The summed E-state index contributed by atoms with van der Waals surface area (Å²) in [5.41, 5.74) is 2.10. The van der Waals surface area contributed by atoms with E-state index >= 15 is 0 Å². The summed E-state index contributed by atoms with van der Waals surface area (Å²) in [5, 5.41) is 8.81. The molecule has 2 amide bonds. The van der Waals surface area contributed by atoms with Gasteiger partial charge in [-0.05, 0) is 37.3 Å². The second kappa shape index (κ2) is 9.50. The van der Waals surface area contributed by atoms with Crippen LogP contribution in [0.5, 0.6) is 11.5 Å². The topological polar surface area (TPSA) is 89.8 Å². The molecule has 0 atom stereocenters. The van der Waals surface area contributed by atoms with Crippen molar-refractivity contribution in [1.82, 2.24) is 24.8 Å². The van der Waals surface area contributed by atoms with Gasteiger partial charge in [-0.3, -0.25) is 9.59 Å². The molecule has 1 aliphatic rings. The van der Waals surface area contributed by atoms with Crippen molar-refractivity contribution < 1.29 is 19.1 Å². The summed E-state index contributed by atoms with van der Waals surface area (Å²) >= 11 is 6.07. The number of benzene rings is 2. The fourth-order valence-electron chi connectivity index (χ4n) is 3.79. The predicted molar refractivity (Wildman–Crippen MR) is 122 cm³/mol. The number of carbonyl (C=O) groups is 2. The molecule has 2 aromatic carbocycles. The van der Waals surface area contributed by atoms with Crippen molar-refractivity contribution in [3.8, 4) is 17.2 Å². The minimum Gasteiger partial charge on any atom is -0.497 e. The molecule has 0 N–H and O–H groups in total. The zero-order valence-electron chi connectivity index (χ0n) is 18.6. The first kappa shape index (κ1) is 22.6. The summed E-state index contributed by atoms with van der Waals surface area (Å²) < 4.78 is 12.1. The molecule has 1 saturated heterocycles. The molecule has 0 radical (unpaired) electrons.